The monoisotopic (exact) mass is 829 g/mol. The molecular weight excluding hydrogens is 766 g/mol. The molecule has 0 aromatic rings. The van der Waals surface area contributed by atoms with Gasteiger partial charge in [-0.2, -0.15) is 0 Å². The molecule has 0 aliphatic carbocycles. The number of rotatable bonds is 30. The number of nitrogens with two attached hydrogens (primary N) is 4. The highest BCUT2D eigenvalue weighted by atomic mass is 16.4. The third-order valence-corrected chi connectivity index (χ3v) is 8.28. The first kappa shape index (κ1) is 52.4. The first-order valence-corrected chi connectivity index (χ1v) is 19.0. The second-order valence-electron chi connectivity index (χ2n) is 14.5. The normalized spacial score (nSPS) is 14.1. The molecule has 0 radical (unpaired) electrons. The van der Waals surface area contributed by atoms with E-state index in [9.17, 15) is 53.4 Å². The molecule has 17 N–H and O–H groups in total. The number of aliphatic imine (C=N–C) groups is 1. The predicted molar refractivity (Wildman–Crippen MR) is 209 cm³/mol. The van der Waals surface area contributed by atoms with Crippen LogP contribution < -0.4 is 54.8 Å². The van der Waals surface area contributed by atoms with Crippen molar-refractivity contribution < 1.29 is 58.5 Å². The highest BCUT2D eigenvalue weighted by Crippen LogP contribution is 2.10. The first-order valence-electron chi connectivity index (χ1n) is 19.0. The highest BCUT2D eigenvalue weighted by Gasteiger charge is 2.32. The van der Waals surface area contributed by atoms with Crippen LogP contribution in [0.15, 0.2) is 4.99 Å². The van der Waals surface area contributed by atoms with Gasteiger partial charge < -0.3 is 70.2 Å². The maximum Gasteiger partial charge on any atom is 0.326 e. The molecule has 0 bridgehead atoms. The van der Waals surface area contributed by atoms with Gasteiger partial charge >= 0.3 is 17.9 Å². The van der Waals surface area contributed by atoms with Crippen molar-refractivity contribution in [2.24, 2.45) is 39.8 Å². The van der Waals surface area contributed by atoms with E-state index in [1.54, 1.807) is 27.7 Å². The molecule has 0 unspecified atom stereocenters. The maximum absolute atomic E-state index is 13.5. The fourth-order valence-electron chi connectivity index (χ4n) is 5.36. The van der Waals surface area contributed by atoms with Crippen LogP contribution in [0.2, 0.25) is 0 Å². The van der Waals surface area contributed by atoms with Crippen LogP contribution in [0.3, 0.4) is 0 Å². The summed E-state index contributed by atoms with van der Waals surface area (Å²) in [5.41, 5.74) is 22.1. The van der Waals surface area contributed by atoms with E-state index in [2.05, 4.69) is 36.9 Å². The molecule has 58 heavy (non-hydrogen) atoms. The van der Waals surface area contributed by atoms with Gasteiger partial charge in [-0.1, -0.05) is 34.1 Å². The van der Waals surface area contributed by atoms with Crippen molar-refractivity contribution in [3.63, 3.8) is 0 Å². The lowest BCUT2D eigenvalue weighted by atomic mass is 10.00. The lowest BCUT2D eigenvalue weighted by Gasteiger charge is -2.26. The first-order chi connectivity index (χ1) is 27.1. The van der Waals surface area contributed by atoms with E-state index in [1.807, 2.05) is 0 Å². The molecule has 23 nitrogen and oxygen atoms in total. The maximum atomic E-state index is 13.5. The summed E-state index contributed by atoms with van der Waals surface area (Å²) in [6, 6.07) is -8.16. The van der Waals surface area contributed by atoms with Crippen molar-refractivity contribution in [2.75, 3.05) is 19.6 Å². The van der Waals surface area contributed by atoms with Crippen LogP contribution in [0.5, 0.6) is 0 Å². The second kappa shape index (κ2) is 27.9. The lowest BCUT2D eigenvalue weighted by molar-refractivity contribution is -0.143. The fraction of sp³-hybridized carbons (Fsp3) is 0.714. The van der Waals surface area contributed by atoms with Gasteiger partial charge in [-0.3, -0.25) is 43.3 Å². The lowest BCUT2D eigenvalue weighted by Crippen LogP contribution is -2.58. The Balaban J connectivity index is 6.02. The van der Waals surface area contributed by atoms with E-state index in [1.165, 1.54) is 0 Å². The Bertz CT molecular complexity index is 1440. The van der Waals surface area contributed by atoms with Crippen molar-refractivity contribution in [1.82, 2.24) is 31.9 Å². The van der Waals surface area contributed by atoms with Gasteiger partial charge in [0.1, 0.15) is 30.2 Å². The predicted octanol–water partition coefficient (Wildman–Crippen LogP) is -3.45. The number of carboxylic acids is 3. The Labute approximate surface area is 337 Å². The number of nitrogens with one attached hydrogen (secondary N) is 6. The second-order valence-corrected chi connectivity index (χ2v) is 14.5. The molecular formula is C35H63N11O12. The molecule has 6 atom stereocenters. The summed E-state index contributed by atoms with van der Waals surface area (Å²) in [5, 5.41) is 42.4. The van der Waals surface area contributed by atoms with Gasteiger partial charge in [0.25, 0.3) is 0 Å². The smallest absolute Gasteiger partial charge is 0.326 e. The number of unbranched alkanes of at least 4 members (excludes halogenated alkanes) is 1. The number of guanidine groups is 1. The van der Waals surface area contributed by atoms with Gasteiger partial charge in [-0.15, -0.1) is 0 Å². The van der Waals surface area contributed by atoms with Crippen molar-refractivity contribution >= 4 is 59.3 Å². The summed E-state index contributed by atoms with van der Waals surface area (Å²) in [6.07, 6.45) is -0.389. The highest BCUT2D eigenvalue weighted by molar-refractivity contribution is 5.97. The number of carboxylic acid groups (broad SMARTS) is 3. The summed E-state index contributed by atoms with van der Waals surface area (Å²) in [5.74, 6) is -10.1. The van der Waals surface area contributed by atoms with Crippen LogP contribution in [-0.4, -0.2) is 131 Å². The van der Waals surface area contributed by atoms with E-state index in [0.29, 0.717) is 19.4 Å². The Morgan fingerprint density at radius 1 is 0.586 bits per heavy atom. The van der Waals surface area contributed by atoms with E-state index < -0.39 is 115 Å². The zero-order valence-corrected chi connectivity index (χ0v) is 33.6. The summed E-state index contributed by atoms with van der Waals surface area (Å²) in [6.45, 7) is 6.70. The minimum Gasteiger partial charge on any atom is -0.481 e. The Hall–Kier alpha value is -5.58. The Morgan fingerprint density at radius 2 is 1.10 bits per heavy atom. The van der Waals surface area contributed by atoms with Crippen molar-refractivity contribution in [2.45, 2.75) is 128 Å². The molecule has 0 aromatic heterocycles. The zero-order valence-electron chi connectivity index (χ0n) is 33.6. The van der Waals surface area contributed by atoms with Crippen molar-refractivity contribution in [3.05, 3.63) is 0 Å². The number of hydrogen-bond acceptors (Lipinski definition) is 12. The summed E-state index contributed by atoms with van der Waals surface area (Å²) in [4.78, 5) is 117. The van der Waals surface area contributed by atoms with Gasteiger partial charge in [0.05, 0.1) is 19.0 Å². The van der Waals surface area contributed by atoms with Crippen LogP contribution >= 0.6 is 0 Å². The van der Waals surface area contributed by atoms with Gasteiger partial charge in [-0.25, -0.2) is 4.79 Å². The van der Waals surface area contributed by atoms with Gasteiger partial charge in [-0.05, 0) is 63.3 Å². The van der Waals surface area contributed by atoms with Gasteiger partial charge in [0.2, 0.25) is 35.4 Å². The zero-order chi connectivity index (χ0) is 44.5. The fourth-order valence-corrected chi connectivity index (χ4v) is 5.36. The quantitative estimate of drug-likeness (QED) is 0.0190. The molecule has 6 amide bonds. The van der Waals surface area contributed by atoms with E-state index in [4.69, 9.17) is 28.0 Å². The van der Waals surface area contributed by atoms with Crippen LogP contribution in [0, 0.1) is 11.8 Å². The summed E-state index contributed by atoms with van der Waals surface area (Å²) >= 11 is 0. The molecule has 23 heteroatoms. The molecule has 0 rings (SSSR count). The summed E-state index contributed by atoms with van der Waals surface area (Å²) in [7, 11) is 0. The number of hydrogen-bond donors (Lipinski definition) is 13. The van der Waals surface area contributed by atoms with Gasteiger partial charge in [0, 0.05) is 13.0 Å². The molecule has 0 saturated heterocycles. The molecule has 0 aromatic carbocycles. The average Bonchev–Trinajstić information content (AvgIpc) is 3.11. The van der Waals surface area contributed by atoms with E-state index >= 15 is 0 Å². The number of amides is 6. The molecule has 0 fully saturated rings. The number of aliphatic carboxylic acids is 3. The average molecular weight is 830 g/mol. The largest absolute Gasteiger partial charge is 0.481 e. The molecule has 0 aliphatic heterocycles. The topological polar surface area (TPSA) is 403 Å². The van der Waals surface area contributed by atoms with Crippen LogP contribution in [-0.2, 0) is 43.2 Å². The minimum absolute atomic E-state index is 0.0504. The Kier molecular flexibility index (Phi) is 25.2. The minimum atomic E-state index is -1.81. The molecule has 0 spiro atoms. The van der Waals surface area contributed by atoms with E-state index in [0.717, 1.165) is 0 Å². The molecule has 0 saturated carbocycles. The summed E-state index contributed by atoms with van der Waals surface area (Å²) < 4.78 is 0. The molecule has 0 aliphatic rings. The molecule has 330 valence electrons. The standard InChI is InChI=1S/C35H63N11O12/c1-18(2)14-23(33(56)46-25(34(57)58)15-19(3)4)44-31(54)21(9-7-13-40-35(38)39)42-26(47)17-41-30(53)24(16-28(50)51)45-32(55)22(10-11-27(48)49)43-29(52)20(37)8-5-6-12-36/h18-25H,5-17,36-37H2,1-4H3,(H,41,53)(H,42,47)(H,43,52)(H,44,54)(H,45,55)(H,46,56)(H,48,49)(H,50,51)(H,57,58)(H4,38,39,40)/t20-,21-,22-,23-,24-,25-/m0/s1. The van der Waals surface area contributed by atoms with Crippen LogP contribution in [0.4, 0.5) is 0 Å². The SMILES string of the molecule is CC(C)C[C@H](NC(=O)[C@H](CC(C)C)NC(=O)[C@H](CCCN=C(N)N)NC(=O)CNC(=O)[C@H](CC(=O)O)NC(=O)[C@H](CCC(=O)O)NC(=O)[C@@H](N)CCCCN)C(=O)O. The van der Waals surface area contributed by atoms with Crippen molar-refractivity contribution in [1.29, 1.82) is 0 Å². The van der Waals surface area contributed by atoms with Crippen LogP contribution in [0.1, 0.15) is 91.9 Å². The Morgan fingerprint density at radius 3 is 1.62 bits per heavy atom. The van der Waals surface area contributed by atoms with Crippen molar-refractivity contribution in [3.8, 4) is 0 Å². The third kappa shape index (κ3) is 23.5. The number of nitrogens with zero attached hydrogens (tertiary/aromatic N) is 1. The van der Waals surface area contributed by atoms with E-state index in [-0.39, 0.29) is 56.4 Å². The van der Waals surface area contributed by atoms with Gasteiger partial charge in [0.15, 0.2) is 5.96 Å². The van der Waals surface area contributed by atoms with Crippen LogP contribution in [0.25, 0.3) is 0 Å². The third-order valence-electron chi connectivity index (χ3n) is 8.28. The number of carbonyl (C=O) groups excluding carboxylic acids is 6. The molecule has 0 heterocycles. The number of carbonyl (C=O) groups is 9.